The molecule has 0 aliphatic heterocycles. The fourth-order valence-corrected chi connectivity index (χ4v) is 3.71. The van der Waals surface area contributed by atoms with E-state index in [1.807, 2.05) is 56.3 Å². The van der Waals surface area contributed by atoms with Gasteiger partial charge in [-0.2, -0.15) is 0 Å². The molecule has 6 heteroatoms. The Morgan fingerprint density at radius 2 is 1.50 bits per heavy atom. The summed E-state index contributed by atoms with van der Waals surface area (Å²) in [5.41, 5.74) is 3.58. The van der Waals surface area contributed by atoms with Gasteiger partial charge >= 0.3 is 0 Å². The molecular weight excluding hydrogens is 444 g/mol. The van der Waals surface area contributed by atoms with Crippen LogP contribution in [-0.2, 0) is 4.79 Å². The van der Waals surface area contributed by atoms with Crippen LogP contribution < -0.4 is 15.4 Å². The Balaban J connectivity index is 1.67. The number of rotatable bonds is 6. The summed E-state index contributed by atoms with van der Waals surface area (Å²) in [7, 11) is 0. The molecule has 0 bridgehead atoms. The molecule has 0 aliphatic carbocycles. The highest BCUT2D eigenvalue weighted by atomic mass is 79.9. The van der Waals surface area contributed by atoms with Crippen LogP contribution in [0.5, 0.6) is 5.75 Å². The van der Waals surface area contributed by atoms with Crippen molar-refractivity contribution in [1.29, 1.82) is 0 Å². The minimum atomic E-state index is -0.703. The Labute approximate surface area is 184 Å². The van der Waals surface area contributed by atoms with Crippen LogP contribution in [0.2, 0.25) is 0 Å². The first-order valence-corrected chi connectivity index (χ1v) is 10.3. The van der Waals surface area contributed by atoms with Gasteiger partial charge in [-0.05, 0) is 74.4 Å². The van der Waals surface area contributed by atoms with Crippen LogP contribution in [0, 0.1) is 13.8 Å². The van der Waals surface area contributed by atoms with Crippen molar-refractivity contribution in [2.45, 2.75) is 26.9 Å². The molecule has 3 rings (SSSR count). The zero-order valence-corrected chi connectivity index (χ0v) is 18.6. The Bertz CT molecular complexity index is 1040. The van der Waals surface area contributed by atoms with Gasteiger partial charge in [-0.3, -0.25) is 9.59 Å². The van der Waals surface area contributed by atoms with Gasteiger partial charge in [0.05, 0.1) is 0 Å². The number of benzene rings is 3. The molecule has 154 valence electrons. The lowest BCUT2D eigenvalue weighted by atomic mass is 10.1. The number of anilines is 2. The van der Waals surface area contributed by atoms with E-state index < -0.39 is 6.10 Å². The van der Waals surface area contributed by atoms with Crippen molar-refractivity contribution in [3.8, 4) is 5.75 Å². The van der Waals surface area contributed by atoms with E-state index in [-0.39, 0.29) is 11.8 Å². The molecule has 0 fully saturated rings. The Morgan fingerprint density at radius 3 is 2.17 bits per heavy atom. The topological polar surface area (TPSA) is 67.4 Å². The second-order valence-corrected chi connectivity index (χ2v) is 7.93. The molecular formula is C24H23BrN2O3. The number of nitrogens with one attached hydrogen (secondary N) is 2. The van der Waals surface area contributed by atoms with Gasteiger partial charge in [-0.15, -0.1) is 0 Å². The van der Waals surface area contributed by atoms with Crippen LogP contribution in [0.25, 0.3) is 0 Å². The second-order valence-electron chi connectivity index (χ2n) is 7.02. The minimum Gasteiger partial charge on any atom is -0.480 e. The summed E-state index contributed by atoms with van der Waals surface area (Å²) in [6.07, 6.45) is -0.703. The molecule has 1 atom stereocenters. The van der Waals surface area contributed by atoms with Gasteiger partial charge in [0.2, 0.25) is 0 Å². The number of hydrogen-bond donors (Lipinski definition) is 2. The van der Waals surface area contributed by atoms with E-state index in [0.29, 0.717) is 22.7 Å². The fourth-order valence-electron chi connectivity index (χ4n) is 3.02. The summed E-state index contributed by atoms with van der Waals surface area (Å²) in [6, 6.07) is 19.9. The van der Waals surface area contributed by atoms with E-state index >= 15 is 0 Å². The van der Waals surface area contributed by atoms with Crippen molar-refractivity contribution in [2.75, 3.05) is 10.6 Å². The first kappa shape index (κ1) is 21.6. The van der Waals surface area contributed by atoms with E-state index in [2.05, 4.69) is 26.6 Å². The molecule has 3 aromatic carbocycles. The second kappa shape index (κ2) is 9.59. The van der Waals surface area contributed by atoms with Crippen molar-refractivity contribution in [3.05, 3.63) is 87.9 Å². The highest BCUT2D eigenvalue weighted by Crippen LogP contribution is 2.28. The van der Waals surface area contributed by atoms with E-state index in [9.17, 15) is 9.59 Å². The Hall–Kier alpha value is -3.12. The first-order chi connectivity index (χ1) is 14.3. The number of aryl methyl sites for hydroxylation is 2. The monoisotopic (exact) mass is 466 g/mol. The lowest BCUT2D eigenvalue weighted by Gasteiger charge is -2.18. The van der Waals surface area contributed by atoms with Crippen molar-refractivity contribution >= 4 is 39.1 Å². The molecule has 30 heavy (non-hydrogen) atoms. The minimum absolute atomic E-state index is 0.247. The number of carbonyl (C=O) groups is 2. The summed E-state index contributed by atoms with van der Waals surface area (Å²) < 4.78 is 6.87. The molecule has 0 aromatic heterocycles. The number of carbonyl (C=O) groups excluding carboxylic acids is 2. The predicted octanol–water partition coefficient (Wildman–Crippen LogP) is 5.72. The van der Waals surface area contributed by atoms with Gasteiger partial charge in [-0.1, -0.05) is 40.2 Å². The van der Waals surface area contributed by atoms with Crippen LogP contribution in [0.15, 0.2) is 71.2 Å². The van der Waals surface area contributed by atoms with E-state index in [0.717, 1.165) is 15.6 Å². The number of hydrogen-bond acceptors (Lipinski definition) is 3. The van der Waals surface area contributed by atoms with Gasteiger partial charge in [-0.25, -0.2) is 0 Å². The average Bonchev–Trinajstić information content (AvgIpc) is 2.71. The molecule has 3 aromatic rings. The molecule has 0 spiro atoms. The quantitative estimate of drug-likeness (QED) is 0.487. The maximum atomic E-state index is 12.6. The lowest BCUT2D eigenvalue weighted by molar-refractivity contribution is -0.122. The Morgan fingerprint density at radius 1 is 0.867 bits per heavy atom. The molecule has 0 saturated carbocycles. The van der Waals surface area contributed by atoms with Crippen LogP contribution in [0.4, 0.5) is 11.4 Å². The summed E-state index contributed by atoms with van der Waals surface area (Å²) >= 11 is 3.46. The maximum absolute atomic E-state index is 12.6. The van der Waals surface area contributed by atoms with Crippen LogP contribution in [0.3, 0.4) is 0 Å². The summed E-state index contributed by atoms with van der Waals surface area (Å²) in [6.45, 7) is 5.57. The third kappa shape index (κ3) is 5.48. The van der Waals surface area contributed by atoms with Gasteiger partial charge < -0.3 is 15.4 Å². The van der Waals surface area contributed by atoms with Crippen molar-refractivity contribution in [2.24, 2.45) is 0 Å². The average molecular weight is 467 g/mol. The molecule has 5 nitrogen and oxygen atoms in total. The molecule has 0 aliphatic rings. The van der Waals surface area contributed by atoms with Crippen LogP contribution in [-0.4, -0.2) is 17.9 Å². The zero-order valence-electron chi connectivity index (χ0n) is 17.0. The van der Waals surface area contributed by atoms with Crippen LogP contribution in [0.1, 0.15) is 28.4 Å². The first-order valence-electron chi connectivity index (χ1n) is 9.54. The molecule has 0 saturated heterocycles. The molecule has 1 unspecified atom stereocenters. The number of amides is 2. The van der Waals surface area contributed by atoms with Gasteiger partial charge in [0, 0.05) is 21.4 Å². The summed E-state index contributed by atoms with van der Waals surface area (Å²) in [4.78, 5) is 25.1. The maximum Gasteiger partial charge on any atom is 0.265 e. The standard InChI is InChI=1S/C24H23BrN2O3/c1-15-12-19(25)13-16(2)22(15)30-17(3)23(28)27-21-11-7-8-18(14-21)24(29)26-20-9-5-4-6-10-20/h4-14,17H,1-3H3,(H,26,29)(H,27,28). The highest BCUT2D eigenvalue weighted by molar-refractivity contribution is 9.10. The van der Waals surface area contributed by atoms with Crippen LogP contribution >= 0.6 is 15.9 Å². The molecule has 0 radical (unpaired) electrons. The predicted molar refractivity (Wildman–Crippen MR) is 123 cm³/mol. The summed E-state index contributed by atoms with van der Waals surface area (Å²) in [5.74, 6) is 0.150. The third-order valence-corrected chi connectivity index (χ3v) is 4.97. The van der Waals surface area contributed by atoms with Crippen molar-refractivity contribution in [3.63, 3.8) is 0 Å². The summed E-state index contributed by atoms with van der Waals surface area (Å²) in [5, 5.41) is 5.65. The third-order valence-electron chi connectivity index (χ3n) is 4.51. The lowest BCUT2D eigenvalue weighted by Crippen LogP contribution is -2.30. The smallest absolute Gasteiger partial charge is 0.265 e. The zero-order chi connectivity index (χ0) is 21.7. The fraction of sp³-hybridized carbons (Fsp3) is 0.167. The molecule has 2 amide bonds. The highest BCUT2D eigenvalue weighted by Gasteiger charge is 2.18. The number of halogens is 1. The molecule has 2 N–H and O–H groups in total. The Kier molecular flexibility index (Phi) is 6.90. The van der Waals surface area contributed by atoms with Gasteiger partial charge in [0.15, 0.2) is 6.10 Å². The number of para-hydroxylation sites is 1. The van der Waals surface area contributed by atoms with Crippen molar-refractivity contribution in [1.82, 2.24) is 0 Å². The van der Waals surface area contributed by atoms with E-state index in [1.165, 1.54) is 0 Å². The largest absolute Gasteiger partial charge is 0.480 e. The van der Waals surface area contributed by atoms with E-state index in [1.54, 1.807) is 31.2 Å². The number of ether oxygens (including phenoxy) is 1. The van der Waals surface area contributed by atoms with E-state index in [4.69, 9.17) is 4.74 Å². The van der Waals surface area contributed by atoms with Gasteiger partial charge in [0.1, 0.15) is 5.75 Å². The van der Waals surface area contributed by atoms with Gasteiger partial charge in [0.25, 0.3) is 11.8 Å². The molecule has 0 heterocycles. The van der Waals surface area contributed by atoms with Crippen molar-refractivity contribution < 1.29 is 14.3 Å². The SMILES string of the molecule is Cc1cc(Br)cc(C)c1OC(C)C(=O)Nc1cccc(C(=O)Nc2ccccc2)c1. The normalized spacial score (nSPS) is 11.5.